The maximum Gasteiger partial charge on any atom is 0.252 e. The van der Waals surface area contributed by atoms with Gasteiger partial charge in [-0.25, -0.2) is 8.42 Å². The summed E-state index contributed by atoms with van der Waals surface area (Å²) in [6, 6.07) is 11.6. The van der Waals surface area contributed by atoms with E-state index in [9.17, 15) is 13.2 Å². The van der Waals surface area contributed by atoms with Crippen molar-refractivity contribution in [3.8, 4) is 0 Å². The van der Waals surface area contributed by atoms with Crippen molar-refractivity contribution in [3.63, 3.8) is 0 Å². The van der Waals surface area contributed by atoms with E-state index < -0.39 is 10.0 Å². The molecule has 1 aliphatic heterocycles. The molecule has 3 heterocycles. The molecule has 5 nitrogen and oxygen atoms in total. The molecule has 0 radical (unpaired) electrons. The Kier molecular flexibility index (Phi) is 5.82. The topological polar surface area (TPSA) is 66.5 Å². The second kappa shape index (κ2) is 8.32. The van der Waals surface area contributed by atoms with E-state index in [4.69, 9.17) is 0 Å². The molecule has 2 aromatic heterocycles. The van der Waals surface area contributed by atoms with E-state index in [0.29, 0.717) is 23.8 Å². The Hall–Kier alpha value is -1.74. The van der Waals surface area contributed by atoms with Gasteiger partial charge in [0.2, 0.25) is 5.91 Å². The molecule has 1 aliphatic rings. The predicted octanol–water partition coefficient (Wildman–Crippen LogP) is 3.65. The van der Waals surface area contributed by atoms with Crippen molar-refractivity contribution in [2.24, 2.45) is 0 Å². The fourth-order valence-electron chi connectivity index (χ4n) is 3.43. The Morgan fingerprint density at radius 3 is 2.71 bits per heavy atom. The van der Waals surface area contributed by atoms with Crippen LogP contribution in [0, 0.1) is 0 Å². The highest BCUT2D eigenvalue weighted by Gasteiger charge is 2.28. The maximum atomic E-state index is 12.6. The van der Waals surface area contributed by atoms with Gasteiger partial charge < -0.3 is 5.32 Å². The molecule has 3 aromatic rings. The normalized spacial score (nSPS) is 15.3. The number of nitrogens with zero attached hydrogens (tertiary/aromatic N) is 1. The average molecular weight is 435 g/mol. The number of amides is 1. The molecule has 1 aromatic carbocycles. The molecule has 1 amide bonds. The van der Waals surface area contributed by atoms with Gasteiger partial charge in [0.25, 0.3) is 10.0 Å². The van der Waals surface area contributed by atoms with Gasteiger partial charge in [-0.1, -0.05) is 18.2 Å². The second-order valence-electron chi connectivity index (χ2n) is 6.87. The third kappa shape index (κ3) is 4.15. The molecule has 0 spiro atoms. The van der Waals surface area contributed by atoms with Crippen molar-refractivity contribution in [3.05, 3.63) is 52.2 Å². The van der Waals surface area contributed by atoms with Crippen LogP contribution in [0.5, 0.6) is 0 Å². The number of carbonyl (C=O) groups is 1. The molecule has 28 heavy (non-hydrogen) atoms. The quantitative estimate of drug-likeness (QED) is 0.617. The molecule has 1 saturated heterocycles. The van der Waals surface area contributed by atoms with Crippen LogP contribution in [-0.4, -0.2) is 38.3 Å². The molecule has 1 fully saturated rings. The third-order valence-electron chi connectivity index (χ3n) is 4.91. The molecule has 0 saturated carbocycles. The van der Waals surface area contributed by atoms with Crippen molar-refractivity contribution in [2.45, 2.75) is 29.9 Å². The lowest BCUT2D eigenvalue weighted by Gasteiger charge is -2.13. The lowest BCUT2D eigenvalue weighted by atomic mass is 10.1. The van der Waals surface area contributed by atoms with E-state index >= 15 is 0 Å². The number of benzene rings is 1. The van der Waals surface area contributed by atoms with Crippen molar-refractivity contribution in [2.75, 3.05) is 19.6 Å². The molecule has 0 atom stereocenters. The van der Waals surface area contributed by atoms with E-state index in [0.717, 1.165) is 24.1 Å². The first kappa shape index (κ1) is 19.6. The number of hydrogen-bond acceptors (Lipinski definition) is 5. The van der Waals surface area contributed by atoms with Gasteiger partial charge in [0.15, 0.2) is 0 Å². The molecular weight excluding hydrogens is 412 g/mol. The first-order valence-electron chi connectivity index (χ1n) is 9.35. The van der Waals surface area contributed by atoms with Gasteiger partial charge in [-0.05, 0) is 53.8 Å². The van der Waals surface area contributed by atoms with Crippen molar-refractivity contribution >= 4 is 48.7 Å². The Morgan fingerprint density at radius 2 is 1.89 bits per heavy atom. The van der Waals surface area contributed by atoms with Crippen LogP contribution < -0.4 is 5.32 Å². The monoisotopic (exact) mass is 434 g/mol. The minimum Gasteiger partial charge on any atom is -0.355 e. The maximum absolute atomic E-state index is 12.6. The molecule has 0 bridgehead atoms. The summed E-state index contributed by atoms with van der Waals surface area (Å²) in [5, 5.41) is 6.34. The highest BCUT2D eigenvalue weighted by atomic mass is 32.2. The zero-order valence-corrected chi connectivity index (χ0v) is 17.8. The van der Waals surface area contributed by atoms with Crippen LogP contribution in [0.4, 0.5) is 0 Å². The van der Waals surface area contributed by atoms with Crippen molar-refractivity contribution in [1.29, 1.82) is 0 Å². The molecule has 148 valence electrons. The summed E-state index contributed by atoms with van der Waals surface area (Å²) >= 11 is 2.92. The Morgan fingerprint density at radius 1 is 1.11 bits per heavy atom. The van der Waals surface area contributed by atoms with Gasteiger partial charge in [0.05, 0.1) is 6.42 Å². The summed E-state index contributed by atoms with van der Waals surface area (Å²) in [5.41, 5.74) is 1.25. The number of hydrogen-bond donors (Lipinski definition) is 1. The van der Waals surface area contributed by atoms with Crippen LogP contribution in [0.1, 0.15) is 23.3 Å². The van der Waals surface area contributed by atoms with Gasteiger partial charge in [-0.3, -0.25) is 4.79 Å². The van der Waals surface area contributed by atoms with Gasteiger partial charge in [0.1, 0.15) is 4.21 Å². The summed E-state index contributed by atoms with van der Waals surface area (Å²) in [6.07, 6.45) is 2.83. The van der Waals surface area contributed by atoms with Crippen LogP contribution >= 0.6 is 22.7 Å². The highest BCUT2D eigenvalue weighted by Crippen LogP contribution is 2.28. The van der Waals surface area contributed by atoms with Crippen LogP contribution in [0.3, 0.4) is 0 Å². The van der Waals surface area contributed by atoms with E-state index in [1.54, 1.807) is 23.5 Å². The number of fused-ring (bicyclic) bond motifs is 1. The zero-order chi connectivity index (χ0) is 19.6. The summed E-state index contributed by atoms with van der Waals surface area (Å²) < 4.78 is 28.3. The van der Waals surface area contributed by atoms with Crippen LogP contribution in [0.25, 0.3) is 10.1 Å². The predicted molar refractivity (Wildman–Crippen MR) is 115 cm³/mol. The molecule has 4 rings (SSSR count). The van der Waals surface area contributed by atoms with Crippen LogP contribution in [0.2, 0.25) is 0 Å². The molecule has 0 unspecified atom stereocenters. The van der Waals surface area contributed by atoms with E-state index in [2.05, 4.69) is 22.8 Å². The second-order valence-corrected chi connectivity index (χ2v) is 11.1. The fourth-order valence-corrected chi connectivity index (χ4v) is 7.45. The highest BCUT2D eigenvalue weighted by molar-refractivity contribution is 7.91. The number of rotatable bonds is 7. The Bertz CT molecular complexity index is 1080. The van der Waals surface area contributed by atoms with Gasteiger partial charge in [0, 0.05) is 29.2 Å². The average Bonchev–Trinajstić information content (AvgIpc) is 3.43. The van der Waals surface area contributed by atoms with Gasteiger partial charge in [-0.15, -0.1) is 22.7 Å². The molecule has 0 aliphatic carbocycles. The van der Waals surface area contributed by atoms with E-state index in [-0.39, 0.29) is 12.3 Å². The van der Waals surface area contributed by atoms with Gasteiger partial charge in [-0.2, -0.15) is 4.31 Å². The zero-order valence-electron chi connectivity index (χ0n) is 15.4. The summed E-state index contributed by atoms with van der Waals surface area (Å²) in [5.74, 6) is -0.0773. The van der Waals surface area contributed by atoms with E-state index in [1.165, 1.54) is 31.3 Å². The lowest BCUT2D eigenvalue weighted by molar-refractivity contribution is -0.120. The standard InChI is InChI=1S/C20H22N2O3S3/c23-19(21-10-9-15-14-26-18-6-2-1-5-17(15)18)13-16-7-8-20(27-16)28(24,25)22-11-3-4-12-22/h1-2,5-8,14H,3-4,9-13H2,(H,21,23). The van der Waals surface area contributed by atoms with Crippen molar-refractivity contribution in [1.82, 2.24) is 9.62 Å². The SMILES string of the molecule is O=C(Cc1ccc(S(=O)(=O)N2CCCC2)s1)NCCc1csc2ccccc12. The molecule has 8 heteroatoms. The number of sulfonamides is 1. The summed E-state index contributed by atoms with van der Waals surface area (Å²) in [6.45, 7) is 1.75. The van der Waals surface area contributed by atoms with Crippen molar-refractivity contribution < 1.29 is 13.2 Å². The summed E-state index contributed by atoms with van der Waals surface area (Å²) in [7, 11) is -3.40. The largest absolute Gasteiger partial charge is 0.355 e. The third-order valence-corrected chi connectivity index (χ3v) is 9.37. The minimum atomic E-state index is -3.40. The summed E-state index contributed by atoms with van der Waals surface area (Å²) in [4.78, 5) is 13.0. The lowest BCUT2D eigenvalue weighted by Crippen LogP contribution is -2.27. The first-order chi connectivity index (χ1) is 13.5. The Labute approximate surface area is 173 Å². The van der Waals surface area contributed by atoms with Crippen LogP contribution in [0.15, 0.2) is 46.0 Å². The first-order valence-corrected chi connectivity index (χ1v) is 12.5. The smallest absolute Gasteiger partial charge is 0.252 e. The number of nitrogens with one attached hydrogen (secondary N) is 1. The molecular formula is C20H22N2O3S3. The Balaban J connectivity index is 1.31. The minimum absolute atomic E-state index is 0.0773. The van der Waals surface area contributed by atoms with E-state index in [1.807, 2.05) is 12.1 Å². The fraction of sp³-hybridized carbons (Fsp3) is 0.350. The molecule has 1 N–H and O–H groups in total. The van der Waals surface area contributed by atoms with Gasteiger partial charge >= 0.3 is 0 Å². The number of carbonyl (C=O) groups excluding carboxylic acids is 1. The van der Waals surface area contributed by atoms with Crippen LogP contribution in [-0.2, 0) is 27.7 Å². The number of thiophene rings is 2.